The quantitative estimate of drug-likeness (QED) is 0.732. The van der Waals surface area contributed by atoms with Crippen molar-refractivity contribution >= 4 is 0 Å². The average molecular weight is 279 g/mol. The van der Waals surface area contributed by atoms with Crippen LogP contribution in [-0.2, 0) is 0 Å². The molecular formula is C17H12FN2O. The molecule has 0 amide bonds. The van der Waals surface area contributed by atoms with Gasteiger partial charge in [-0.25, -0.2) is 14.4 Å². The van der Waals surface area contributed by atoms with E-state index >= 15 is 0 Å². The molecule has 1 heterocycles. The Balaban J connectivity index is 2.13. The van der Waals surface area contributed by atoms with Crippen LogP contribution in [0.3, 0.4) is 0 Å². The SMILES string of the molecule is COc1ccc(-c2cn[c]nc2-c2ccccc2F)cc1. The fourth-order valence-electron chi connectivity index (χ4n) is 2.13. The minimum absolute atomic E-state index is 0.320. The van der Waals surface area contributed by atoms with Crippen LogP contribution in [0.5, 0.6) is 5.75 Å². The van der Waals surface area contributed by atoms with Crippen molar-refractivity contribution in [1.82, 2.24) is 9.97 Å². The molecular weight excluding hydrogens is 267 g/mol. The van der Waals surface area contributed by atoms with Gasteiger partial charge >= 0.3 is 0 Å². The second-order valence-electron chi connectivity index (χ2n) is 4.44. The molecule has 0 aliphatic heterocycles. The van der Waals surface area contributed by atoms with Crippen molar-refractivity contribution in [2.75, 3.05) is 7.11 Å². The Kier molecular flexibility index (Phi) is 3.60. The number of hydrogen-bond donors (Lipinski definition) is 0. The van der Waals surface area contributed by atoms with Crippen LogP contribution in [-0.4, -0.2) is 17.1 Å². The van der Waals surface area contributed by atoms with Gasteiger partial charge in [0.25, 0.3) is 0 Å². The summed E-state index contributed by atoms with van der Waals surface area (Å²) in [4.78, 5) is 8.05. The number of nitrogens with zero attached hydrogens (tertiary/aromatic N) is 2. The molecule has 0 atom stereocenters. The third-order valence-corrected chi connectivity index (χ3v) is 3.20. The van der Waals surface area contributed by atoms with E-state index in [-0.39, 0.29) is 5.82 Å². The number of hydrogen-bond acceptors (Lipinski definition) is 3. The van der Waals surface area contributed by atoms with Crippen molar-refractivity contribution in [2.45, 2.75) is 0 Å². The summed E-state index contributed by atoms with van der Waals surface area (Å²) in [6.45, 7) is 0. The van der Waals surface area contributed by atoms with Gasteiger partial charge < -0.3 is 4.74 Å². The molecule has 103 valence electrons. The summed E-state index contributed by atoms with van der Waals surface area (Å²) < 4.78 is 19.1. The third kappa shape index (κ3) is 2.60. The van der Waals surface area contributed by atoms with E-state index in [1.54, 1.807) is 31.5 Å². The Morgan fingerprint density at radius 1 is 1.00 bits per heavy atom. The van der Waals surface area contributed by atoms with Crippen LogP contribution in [0.2, 0.25) is 0 Å². The first-order chi connectivity index (χ1) is 10.3. The minimum atomic E-state index is -0.320. The van der Waals surface area contributed by atoms with Gasteiger partial charge in [-0.2, -0.15) is 0 Å². The van der Waals surface area contributed by atoms with Gasteiger partial charge in [-0.1, -0.05) is 24.3 Å². The minimum Gasteiger partial charge on any atom is -0.497 e. The van der Waals surface area contributed by atoms with Crippen LogP contribution in [0.4, 0.5) is 4.39 Å². The summed E-state index contributed by atoms with van der Waals surface area (Å²) in [6.07, 6.45) is 4.16. The number of aromatic nitrogens is 2. The summed E-state index contributed by atoms with van der Waals surface area (Å²) in [5.74, 6) is 0.439. The van der Waals surface area contributed by atoms with Crippen molar-refractivity contribution in [3.8, 4) is 28.1 Å². The average Bonchev–Trinajstić information content (AvgIpc) is 2.55. The fourth-order valence-corrected chi connectivity index (χ4v) is 2.13. The van der Waals surface area contributed by atoms with E-state index in [0.29, 0.717) is 11.3 Å². The van der Waals surface area contributed by atoms with Gasteiger partial charge in [0.05, 0.1) is 12.8 Å². The molecule has 3 aromatic rings. The fraction of sp³-hybridized carbons (Fsp3) is 0.0588. The molecule has 4 heteroatoms. The highest BCUT2D eigenvalue weighted by Gasteiger charge is 2.12. The number of methoxy groups -OCH3 is 1. The molecule has 1 radical (unpaired) electrons. The van der Waals surface area contributed by atoms with E-state index in [0.717, 1.165) is 16.9 Å². The predicted molar refractivity (Wildman–Crippen MR) is 78.3 cm³/mol. The molecule has 0 spiro atoms. The standard InChI is InChI=1S/C17H12FN2O/c1-21-13-8-6-12(7-9-13)15-10-19-11-20-17(15)14-4-2-3-5-16(14)18/h2-10H,1H3. The molecule has 0 aliphatic rings. The molecule has 0 aliphatic carbocycles. The number of rotatable bonds is 3. The zero-order valence-corrected chi connectivity index (χ0v) is 11.4. The smallest absolute Gasteiger partial charge is 0.198 e. The maximum absolute atomic E-state index is 14.0. The lowest BCUT2D eigenvalue weighted by Gasteiger charge is -2.09. The van der Waals surface area contributed by atoms with Crippen molar-refractivity contribution < 1.29 is 9.13 Å². The van der Waals surface area contributed by atoms with Gasteiger partial charge in [-0.05, 0) is 29.8 Å². The zero-order chi connectivity index (χ0) is 14.7. The van der Waals surface area contributed by atoms with E-state index in [1.807, 2.05) is 24.3 Å². The van der Waals surface area contributed by atoms with Crippen molar-refractivity contribution in [3.05, 3.63) is 66.9 Å². The lowest BCUT2D eigenvalue weighted by molar-refractivity contribution is 0.415. The first-order valence-electron chi connectivity index (χ1n) is 6.42. The highest BCUT2D eigenvalue weighted by Crippen LogP contribution is 2.31. The van der Waals surface area contributed by atoms with Crippen molar-refractivity contribution in [3.63, 3.8) is 0 Å². The first kappa shape index (κ1) is 13.2. The molecule has 3 nitrogen and oxygen atoms in total. The van der Waals surface area contributed by atoms with Gasteiger partial charge in [0, 0.05) is 17.3 Å². The topological polar surface area (TPSA) is 35.0 Å². The predicted octanol–water partition coefficient (Wildman–Crippen LogP) is 3.76. The lowest BCUT2D eigenvalue weighted by atomic mass is 10.0. The molecule has 0 unspecified atom stereocenters. The van der Waals surface area contributed by atoms with E-state index < -0.39 is 0 Å². The number of halogens is 1. The van der Waals surface area contributed by atoms with Crippen molar-refractivity contribution in [2.24, 2.45) is 0 Å². The van der Waals surface area contributed by atoms with Crippen LogP contribution < -0.4 is 4.74 Å². The zero-order valence-electron chi connectivity index (χ0n) is 11.4. The summed E-state index contributed by atoms with van der Waals surface area (Å²) >= 11 is 0. The van der Waals surface area contributed by atoms with Gasteiger partial charge in [0.1, 0.15) is 11.6 Å². The molecule has 0 N–H and O–H groups in total. The molecule has 0 saturated carbocycles. The Labute approximate surface area is 122 Å². The second-order valence-corrected chi connectivity index (χ2v) is 4.44. The summed E-state index contributed by atoms with van der Waals surface area (Å²) in [7, 11) is 1.61. The van der Waals surface area contributed by atoms with Gasteiger partial charge in [0.15, 0.2) is 6.33 Å². The van der Waals surface area contributed by atoms with E-state index in [2.05, 4.69) is 16.3 Å². The molecule has 0 bridgehead atoms. The molecule has 0 fully saturated rings. The summed E-state index contributed by atoms with van der Waals surface area (Å²) in [5, 5.41) is 0. The summed E-state index contributed by atoms with van der Waals surface area (Å²) in [6, 6.07) is 14.0. The normalized spacial score (nSPS) is 10.4. The Hall–Kier alpha value is -2.75. The number of ether oxygens (including phenoxy) is 1. The Bertz CT molecular complexity index is 757. The first-order valence-corrected chi connectivity index (χ1v) is 6.42. The molecule has 1 aromatic heterocycles. The van der Waals surface area contributed by atoms with Crippen LogP contribution in [0.15, 0.2) is 54.7 Å². The van der Waals surface area contributed by atoms with E-state index in [9.17, 15) is 4.39 Å². The van der Waals surface area contributed by atoms with E-state index in [1.165, 1.54) is 6.07 Å². The highest BCUT2D eigenvalue weighted by atomic mass is 19.1. The molecule has 0 saturated heterocycles. The van der Waals surface area contributed by atoms with Gasteiger partial charge in [-0.3, -0.25) is 0 Å². The van der Waals surface area contributed by atoms with Crippen LogP contribution >= 0.6 is 0 Å². The summed E-state index contributed by atoms with van der Waals surface area (Å²) in [5.41, 5.74) is 2.60. The second kappa shape index (κ2) is 5.71. The third-order valence-electron chi connectivity index (χ3n) is 3.20. The highest BCUT2D eigenvalue weighted by molar-refractivity contribution is 5.80. The maximum Gasteiger partial charge on any atom is 0.198 e. The largest absolute Gasteiger partial charge is 0.497 e. The lowest BCUT2D eigenvalue weighted by Crippen LogP contribution is -1.93. The van der Waals surface area contributed by atoms with E-state index in [4.69, 9.17) is 4.74 Å². The molecule has 3 rings (SSSR count). The van der Waals surface area contributed by atoms with Gasteiger partial charge in [-0.15, -0.1) is 0 Å². The Morgan fingerprint density at radius 2 is 1.76 bits per heavy atom. The van der Waals surface area contributed by atoms with Crippen molar-refractivity contribution in [1.29, 1.82) is 0 Å². The number of benzene rings is 2. The Morgan fingerprint density at radius 3 is 2.48 bits per heavy atom. The van der Waals surface area contributed by atoms with Crippen LogP contribution in [0, 0.1) is 12.1 Å². The molecule has 21 heavy (non-hydrogen) atoms. The van der Waals surface area contributed by atoms with Gasteiger partial charge in [0.2, 0.25) is 0 Å². The maximum atomic E-state index is 14.0. The van der Waals surface area contributed by atoms with Crippen LogP contribution in [0.25, 0.3) is 22.4 Å². The molecule has 2 aromatic carbocycles. The monoisotopic (exact) mass is 279 g/mol. The van der Waals surface area contributed by atoms with Crippen LogP contribution in [0.1, 0.15) is 0 Å².